The lowest BCUT2D eigenvalue weighted by atomic mass is 10.2. The number of carbonyl (C=O) groups is 1. The maximum absolute atomic E-state index is 12.3. The minimum Gasteiger partial charge on any atom is -0.403 e. The molecule has 6 nitrogen and oxygen atoms in total. The zero-order valence-electron chi connectivity index (χ0n) is 12.1. The van der Waals surface area contributed by atoms with E-state index in [1.165, 1.54) is 11.3 Å². The third kappa shape index (κ3) is 2.93. The second kappa shape index (κ2) is 6.14. The van der Waals surface area contributed by atoms with Crippen molar-refractivity contribution >= 4 is 49.4 Å². The quantitative estimate of drug-likeness (QED) is 0.552. The van der Waals surface area contributed by atoms with Gasteiger partial charge in [-0.05, 0) is 36.4 Å². The number of halogens is 1. The Morgan fingerprint density at radius 1 is 1.17 bits per heavy atom. The number of amides is 1. The zero-order chi connectivity index (χ0) is 16.5. The lowest BCUT2D eigenvalue weighted by molar-refractivity contribution is 0.102. The van der Waals surface area contributed by atoms with E-state index in [4.69, 9.17) is 4.42 Å². The van der Waals surface area contributed by atoms with Gasteiger partial charge in [0.2, 0.25) is 5.89 Å². The van der Waals surface area contributed by atoms with Crippen LogP contribution in [0.1, 0.15) is 10.4 Å². The van der Waals surface area contributed by atoms with E-state index in [0.29, 0.717) is 11.5 Å². The van der Waals surface area contributed by atoms with Crippen LogP contribution in [0.5, 0.6) is 0 Å². The van der Waals surface area contributed by atoms with Gasteiger partial charge in [-0.1, -0.05) is 27.1 Å². The van der Waals surface area contributed by atoms with Crippen molar-refractivity contribution in [2.45, 2.75) is 0 Å². The highest BCUT2D eigenvalue weighted by atomic mass is 79.9. The lowest BCUT2D eigenvalue weighted by Crippen LogP contribution is -2.11. The molecule has 0 radical (unpaired) electrons. The summed E-state index contributed by atoms with van der Waals surface area (Å²) in [4.78, 5) is 16.5. The van der Waals surface area contributed by atoms with Crippen LogP contribution in [-0.4, -0.2) is 21.1 Å². The van der Waals surface area contributed by atoms with Gasteiger partial charge in [-0.3, -0.25) is 10.1 Å². The molecule has 8 heteroatoms. The van der Waals surface area contributed by atoms with E-state index in [2.05, 4.69) is 36.4 Å². The van der Waals surface area contributed by atoms with Gasteiger partial charge in [-0.25, -0.2) is 4.98 Å². The van der Waals surface area contributed by atoms with Crippen LogP contribution in [0.2, 0.25) is 0 Å². The van der Waals surface area contributed by atoms with E-state index < -0.39 is 0 Å². The minimum atomic E-state index is -0.310. The molecule has 24 heavy (non-hydrogen) atoms. The molecule has 2 aromatic carbocycles. The number of hydrogen-bond acceptors (Lipinski definition) is 6. The van der Waals surface area contributed by atoms with Crippen LogP contribution in [0.4, 0.5) is 6.01 Å². The number of thiazole rings is 1. The summed E-state index contributed by atoms with van der Waals surface area (Å²) < 4.78 is 7.36. The molecule has 0 bridgehead atoms. The highest BCUT2D eigenvalue weighted by Crippen LogP contribution is 2.24. The van der Waals surface area contributed by atoms with Crippen molar-refractivity contribution in [3.05, 3.63) is 58.0 Å². The van der Waals surface area contributed by atoms with Gasteiger partial charge in [0.15, 0.2) is 0 Å². The molecule has 4 aromatic rings. The summed E-state index contributed by atoms with van der Waals surface area (Å²) in [6, 6.07) is 12.8. The van der Waals surface area contributed by atoms with Gasteiger partial charge < -0.3 is 4.42 Å². The van der Waals surface area contributed by atoms with E-state index >= 15 is 0 Å². The second-order valence-electron chi connectivity index (χ2n) is 4.91. The molecule has 0 aliphatic rings. The monoisotopic (exact) mass is 400 g/mol. The Labute approximate surface area is 148 Å². The second-order valence-corrected chi connectivity index (χ2v) is 6.71. The molecule has 0 unspecified atom stereocenters. The van der Waals surface area contributed by atoms with Crippen molar-refractivity contribution in [3.63, 3.8) is 0 Å². The number of anilines is 1. The summed E-state index contributed by atoms with van der Waals surface area (Å²) in [6.45, 7) is 0. The Hall–Kier alpha value is -2.58. The lowest BCUT2D eigenvalue weighted by Gasteiger charge is -2.00. The predicted octanol–water partition coefficient (Wildman–Crippen LogP) is 4.36. The molecule has 0 spiro atoms. The van der Waals surface area contributed by atoms with E-state index in [1.54, 1.807) is 17.6 Å². The molecule has 2 aromatic heterocycles. The Balaban J connectivity index is 1.56. The summed E-state index contributed by atoms with van der Waals surface area (Å²) in [6.07, 6.45) is 0. The number of nitrogens with one attached hydrogen (secondary N) is 1. The van der Waals surface area contributed by atoms with Crippen molar-refractivity contribution < 1.29 is 9.21 Å². The first-order valence-corrected chi connectivity index (χ1v) is 8.60. The third-order valence-corrected chi connectivity index (χ3v) is 4.60. The first kappa shape index (κ1) is 15.0. The fourth-order valence-corrected chi connectivity index (χ4v) is 3.29. The molecule has 0 fully saturated rings. The maximum Gasteiger partial charge on any atom is 0.322 e. The molecule has 0 saturated heterocycles. The highest BCUT2D eigenvalue weighted by molar-refractivity contribution is 9.10. The summed E-state index contributed by atoms with van der Waals surface area (Å²) in [7, 11) is 0. The van der Waals surface area contributed by atoms with Gasteiger partial charge in [0.25, 0.3) is 5.91 Å². The molecule has 0 saturated carbocycles. The first-order chi connectivity index (χ1) is 11.7. The maximum atomic E-state index is 12.3. The van der Waals surface area contributed by atoms with Crippen molar-refractivity contribution in [3.8, 4) is 11.5 Å². The number of benzene rings is 2. The van der Waals surface area contributed by atoms with Gasteiger partial charge in [0.05, 0.1) is 15.7 Å². The summed E-state index contributed by atoms with van der Waals surface area (Å²) in [5, 5.41) is 10.4. The molecular weight excluding hydrogens is 392 g/mol. The normalized spacial score (nSPS) is 10.9. The Bertz CT molecular complexity index is 1040. The molecule has 2 heterocycles. The van der Waals surface area contributed by atoms with E-state index in [9.17, 15) is 4.79 Å². The average Bonchev–Trinajstić information content (AvgIpc) is 3.23. The molecule has 0 aliphatic carbocycles. The number of aromatic nitrogens is 3. The largest absolute Gasteiger partial charge is 0.403 e. The van der Waals surface area contributed by atoms with Gasteiger partial charge in [0.1, 0.15) is 0 Å². The number of carbonyl (C=O) groups excluding carboxylic acids is 1. The molecular formula is C16H9BrN4O2S. The molecule has 118 valence electrons. The standard InChI is InChI=1S/C16H9BrN4O2S/c17-11-3-1-2-10(6-11)15-20-21-16(23-15)19-14(22)9-4-5-12-13(7-9)24-8-18-12/h1-8H,(H,19,21,22). The van der Waals surface area contributed by atoms with Crippen LogP contribution in [0, 0.1) is 0 Å². The van der Waals surface area contributed by atoms with Gasteiger partial charge >= 0.3 is 6.01 Å². The van der Waals surface area contributed by atoms with Crippen LogP contribution in [-0.2, 0) is 0 Å². The van der Waals surface area contributed by atoms with Crippen molar-refractivity contribution in [2.24, 2.45) is 0 Å². The molecule has 4 rings (SSSR count). The van der Waals surface area contributed by atoms with Crippen molar-refractivity contribution in [1.82, 2.24) is 15.2 Å². The van der Waals surface area contributed by atoms with Gasteiger partial charge in [-0.15, -0.1) is 16.4 Å². The molecule has 0 atom stereocenters. The molecule has 0 aliphatic heterocycles. The fourth-order valence-electron chi connectivity index (χ4n) is 2.18. The van der Waals surface area contributed by atoms with Gasteiger partial charge in [0, 0.05) is 15.6 Å². The Morgan fingerprint density at radius 2 is 2.08 bits per heavy atom. The van der Waals surface area contributed by atoms with E-state index in [1.807, 2.05) is 30.3 Å². The van der Waals surface area contributed by atoms with Crippen LogP contribution in [0.3, 0.4) is 0 Å². The SMILES string of the molecule is O=C(Nc1nnc(-c2cccc(Br)c2)o1)c1ccc2ncsc2c1. The number of hydrogen-bond donors (Lipinski definition) is 1. The first-order valence-electron chi connectivity index (χ1n) is 6.93. The Morgan fingerprint density at radius 3 is 2.96 bits per heavy atom. The fraction of sp³-hybridized carbons (Fsp3) is 0. The summed E-state index contributed by atoms with van der Waals surface area (Å²) >= 11 is 4.87. The predicted molar refractivity (Wildman–Crippen MR) is 95.0 cm³/mol. The van der Waals surface area contributed by atoms with Crippen LogP contribution in [0.15, 0.2) is 56.9 Å². The summed E-state index contributed by atoms with van der Waals surface area (Å²) in [5.41, 5.74) is 3.89. The van der Waals surface area contributed by atoms with Crippen LogP contribution < -0.4 is 5.32 Å². The summed E-state index contributed by atoms with van der Waals surface area (Å²) in [5.74, 6) is 0.0271. The van der Waals surface area contributed by atoms with Crippen LogP contribution >= 0.6 is 27.3 Å². The van der Waals surface area contributed by atoms with Gasteiger partial charge in [-0.2, -0.15) is 0 Å². The van der Waals surface area contributed by atoms with E-state index in [-0.39, 0.29) is 11.9 Å². The van der Waals surface area contributed by atoms with Crippen molar-refractivity contribution in [2.75, 3.05) is 5.32 Å². The number of fused-ring (bicyclic) bond motifs is 1. The zero-order valence-corrected chi connectivity index (χ0v) is 14.5. The average molecular weight is 401 g/mol. The number of rotatable bonds is 3. The third-order valence-electron chi connectivity index (χ3n) is 3.31. The minimum absolute atomic E-state index is 0.0550. The molecule has 1 N–H and O–H groups in total. The van der Waals surface area contributed by atoms with Crippen LogP contribution in [0.25, 0.3) is 21.7 Å². The van der Waals surface area contributed by atoms with Crippen molar-refractivity contribution in [1.29, 1.82) is 0 Å². The number of nitrogens with zero attached hydrogens (tertiary/aromatic N) is 3. The smallest absolute Gasteiger partial charge is 0.322 e. The van der Waals surface area contributed by atoms with E-state index in [0.717, 1.165) is 20.3 Å². The molecule has 1 amide bonds. The topological polar surface area (TPSA) is 80.9 Å². The highest BCUT2D eigenvalue weighted by Gasteiger charge is 2.13. The Kier molecular flexibility index (Phi) is 3.83.